The zero-order chi connectivity index (χ0) is 18.6. The number of rotatable bonds is 0. The van der Waals surface area contributed by atoms with E-state index in [0.29, 0.717) is 0 Å². The fraction of sp³-hybridized carbons (Fsp3) is 0.625. The van der Waals surface area contributed by atoms with Crippen LogP contribution in [0.5, 0.6) is 5.88 Å². The number of carbonyl (C=O) groups is 1. The quantitative estimate of drug-likeness (QED) is 0.657. The minimum Gasteiger partial charge on any atom is -0.468 e. The van der Waals surface area contributed by atoms with Crippen LogP contribution in [0.3, 0.4) is 0 Å². The molecule has 0 N–H and O–H groups in total. The van der Waals surface area contributed by atoms with Gasteiger partial charge in [-0.25, -0.2) is 14.2 Å². The van der Waals surface area contributed by atoms with Gasteiger partial charge in [0.25, 0.3) is 0 Å². The van der Waals surface area contributed by atoms with Gasteiger partial charge in [0.1, 0.15) is 23.5 Å². The predicted octanol–water partition coefficient (Wildman–Crippen LogP) is 3.88. The minimum atomic E-state index is -4.63. The summed E-state index contributed by atoms with van der Waals surface area (Å²) in [6.45, 7) is 5.17. The maximum absolute atomic E-state index is 14.3. The number of pyridine rings is 1. The highest BCUT2D eigenvalue weighted by Gasteiger charge is 2.50. The SMILES string of the molecule is CC(C)(C)OC(=O)N1CC[C@H](F)[C@@H]2Oc3nc(C(F)(F)F)ccc3[C@@H]21. The van der Waals surface area contributed by atoms with Gasteiger partial charge in [-0.3, -0.25) is 4.90 Å². The molecular weight excluding hydrogens is 344 g/mol. The number of ether oxygens (including phenoxy) is 2. The largest absolute Gasteiger partial charge is 0.468 e. The van der Waals surface area contributed by atoms with Crippen LogP contribution < -0.4 is 4.74 Å². The summed E-state index contributed by atoms with van der Waals surface area (Å²) in [6, 6.07) is 1.13. The topological polar surface area (TPSA) is 51.7 Å². The number of nitrogens with zero attached hydrogens (tertiary/aromatic N) is 2. The van der Waals surface area contributed by atoms with Gasteiger partial charge in [-0.15, -0.1) is 0 Å². The lowest BCUT2D eigenvalue weighted by Crippen LogP contribution is -2.51. The third-order valence-electron chi connectivity index (χ3n) is 4.02. The zero-order valence-corrected chi connectivity index (χ0v) is 13.9. The van der Waals surface area contributed by atoms with Crippen molar-refractivity contribution in [3.63, 3.8) is 0 Å². The molecule has 0 bridgehead atoms. The van der Waals surface area contributed by atoms with E-state index in [4.69, 9.17) is 9.47 Å². The van der Waals surface area contributed by atoms with Gasteiger partial charge >= 0.3 is 12.3 Å². The Morgan fingerprint density at radius 1 is 1.32 bits per heavy atom. The number of aromatic nitrogens is 1. The predicted molar refractivity (Wildman–Crippen MR) is 78.8 cm³/mol. The summed E-state index contributed by atoms with van der Waals surface area (Å²) in [5.74, 6) is -0.289. The number of amides is 1. The molecular formula is C16H18F4N2O3. The Morgan fingerprint density at radius 3 is 2.60 bits per heavy atom. The molecule has 2 aliphatic rings. The van der Waals surface area contributed by atoms with Crippen molar-refractivity contribution in [3.8, 4) is 5.88 Å². The van der Waals surface area contributed by atoms with E-state index >= 15 is 0 Å². The van der Waals surface area contributed by atoms with E-state index in [-0.39, 0.29) is 24.4 Å². The van der Waals surface area contributed by atoms with Crippen molar-refractivity contribution < 1.29 is 31.8 Å². The van der Waals surface area contributed by atoms with Gasteiger partial charge in [-0.1, -0.05) is 0 Å². The summed E-state index contributed by atoms with van der Waals surface area (Å²) in [4.78, 5) is 17.2. The Hall–Kier alpha value is -2.06. The first-order chi connectivity index (χ1) is 11.5. The van der Waals surface area contributed by atoms with Crippen molar-refractivity contribution >= 4 is 6.09 Å². The number of alkyl halides is 4. The van der Waals surface area contributed by atoms with E-state index < -0.39 is 41.9 Å². The van der Waals surface area contributed by atoms with E-state index in [9.17, 15) is 22.4 Å². The first kappa shape index (κ1) is 17.8. The maximum atomic E-state index is 14.3. The fourth-order valence-electron chi connectivity index (χ4n) is 3.01. The summed E-state index contributed by atoms with van der Waals surface area (Å²) in [7, 11) is 0. The maximum Gasteiger partial charge on any atom is 0.433 e. The molecule has 3 rings (SSSR count). The normalized spacial score (nSPS) is 25.9. The summed E-state index contributed by atoms with van der Waals surface area (Å²) in [6.07, 6.45) is -7.78. The third kappa shape index (κ3) is 3.36. The van der Waals surface area contributed by atoms with E-state index in [2.05, 4.69) is 4.98 Å². The van der Waals surface area contributed by atoms with E-state index in [1.165, 1.54) is 11.0 Å². The second kappa shape index (κ2) is 5.74. The van der Waals surface area contributed by atoms with Gasteiger partial charge in [0.2, 0.25) is 5.88 Å². The Labute approximate surface area is 141 Å². The molecule has 0 unspecified atom stereocenters. The van der Waals surface area contributed by atoms with Gasteiger partial charge in [0.15, 0.2) is 6.10 Å². The molecule has 0 aromatic carbocycles. The number of piperidine rings is 1. The molecule has 0 saturated carbocycles. The Morgan fingerprint density at radius 2 is 2.00 bits per heavy atom. The van der Waals surface area contributed by atoms with Crippen LogP contribution in [0.15, 0.2) is 12.1 Å². The van der Waals surface area contributed by atoms with Crippen LogP contribution in [-0.4, -0.2) is 40.4 Å². The average Bonchev–Trinajstić information content (AvgIpc) is 2.84. The van der Waals surface area contributed by atoms with Gasteiger partial charge in [0, 0.05) is 18.5 Å². The zero-order valence-electron chi connectivity index (χ0n) is 13.9. The molecule has 138 valence electrons. The van der Waals surface area contributed by atoms with Crippen LogP contribution in [0.1, 0.15) is 44.5 Å². The van der Waals surface area contributed by atoms with Crippen LogP contribution in [0.25, 0.3) is 0 Å². The third-order valence-corrected chi connectivity index (χ3v) is 4.02. The fourth-order valence-corrected chi connectivity index (χ4v) is 3.01. The lowest BCUT2D eigenvalue weighted by Gasteiger charge is -2.38. The van der Waals surface area contributed by atoms with Crippen molar-refractivity contribution in [1.29, 1.82) is 0 Å². The molecule has 0 spiro atoms. The molecule has 1 fully saturated rings. The van der Waals surface area contributed by atoms with Gasteiger partial charge in [-0.05, 0) is 32.9 Å². The van der Waals surface area contributed by atoms with Crippen LogP contribution in [0.4, 0.5) is 22.4 Å². The Bertz CT molecular complexity index is 687. The average molecular weight is 362 g/mol. The first-order valence-electron chi connectivity index (χ1n) is 7.86. The molecule has 25 heavy (non-hydrogen) atoms. The molecule has 9 heteroatoms. The second-order valence-corrected chi connectivity index (χ2v) is 7.09. The van der Waals surface area contributed by atoms with Crippen molar-refractivity contribution in [1.82, 2.24) is 9.88 Å². The molecule has 1 saturated heterocycles. The molecule has 0 aliphatic carbocycles. The van der Waals surface area contributed by atoms with Crippen molar-refractivity contribution in [2.45, 2.75) is 57.3 Å². The van der Waals surface area contributed by atoms with E-state index in [0.717, 1.165) is 6.07 Å². The van der Waals surface area contributed by atoms with Crippen LogP contribution in [0, 0.1) is 0 Å². The number of fused-ring (bicyclic) bond motifs is 3. The Kier molecular flexibility index (Phi) is 4.08. The standard InChI is InChI=1S/C16H18F4N2O3/c1-15(2,3)25-14(23)22-7-6-9(17)12-11(22)8-4-5-10(16(18,19)20)21-13(8)24-12/h4-5,9,11-12H,6-7H2,1-3H3/t9-,11-,12-/m0/s1. The number of hydrogen-bond donors (Lipinski definition) is 0. The number of hydrogen-bond acceptors (Lipinski definition) is 4. The highest BCUT2D eigenvalue weighted by molar-refractivity contribution is 5.69. The van der Waals surface area contributed by atoms with Crippen LogP contribution in [0.2, 0.25) is 0 Å². The molecule has 1 aromatic heterocycles. The summed E-state index contributed by atoms with van der Waals surface area (Å²) in [5.41, 5.74) is -1.62. The molecule has 0 radical (unpaired) electrons. The number of halogens is 4. The molecule has 3 heterocycles. The molecule has 3 atom stereocenters. The van der Waals surface area contributed by atoms with Crippen LogP contribution in [-0.2, 0) is 10.9 Å². The lowest BCUT2D eigenvalue weighted by atomic mass is 9.94. The second-order valence-electron chi connectivity index (χ2n) is 7.09. The summed E-state index contributed by atoms with van der Waals surface area (Å²) < 4.78 is 63.4. The van der Waals surface area contributed by atoms with E-state index in [1.54, 1.807) is 20.8 Å². The van der Waals surface area contributed by atoms with E-state index in [1.807, 2.05) is 0 Å². The first-order valence-corrected chi connectivity index (χ1v) is 7.86. The van der Waals surface area contributed by atoms with Crippen molar-refractivity contribution in [3.05, 3.63) is 23.4 Å². The van der Waals surface area contributed by atoms with Crippen molar-refractivity contribution in [2.24, 2.45) is 0 Å². The molecule has 2 aliphatic heterocycles. The minimum absolute atomic E-state index is 0.0144. The highest BCUT2D eigenvalue weighted by atomic mass is 19.4. The number of carbonyl (C=O) groups excluding carboxylic acids is 1. The van der Waals surface area contributed by atoms with Gasteiger partial charge in [0.05, 0.1) is 0 Å². The van der Waals surface area contributed by atoms with Crippen molar-refractivity contribution in [2.75, 3.05) is 6.54 Å². The van der Waals surface area contributed by atoms with Gasteiger partial charge < -0.3 is 9.47 Å². The smallest absolute Gasteiger partial charge is 0.433 e. The molecule has 1 aromatic rings. The van der Waals surface area contributed by atoms with Gasteiger partial charge in [-0.2, -0.15) is 13.2 Å². The Balaban J connectivity index is 1.94. The monoisotopic (exact) mass is 362 g/mol. The number of likely N-dealkylation sites (tertiary alicyclic amines) is 1. The molecule has 5 nitrogen and oxygen atoms in total. The highest BCUT2D eigenvalue weighted by Crippen LogP contribution is 2.45. The van der Waals surface area contributed by atoms with Crippen LogP contribution >= 0.6 is 0 Å². The summed E-state index contributed by atoms with van der Waals surface area (Å²) in [5, 5.41) is 0. The summed E-state index contributed by atoms with van der Waals surface area (Å²) >= 11 is 0. The molecule has 1 amide bonds. The lowest BCUT2D eigenvalue weighted by molar-refractivity contribution is -0.141.